The fourth-order valence-corrected chi connectivity index (χ4v) is 5.26. The Morgan fingerprint density at radius 1 is 1.09 bits per heavy atom. The van der Waals surface area contributed by atoms with Crippen LogP contribution in [-0.2, 0) is 22.4 Å². The van der Waals surface area contributed by atoms with Gasteiger partial charge in [-0.3, -0.25) is 9.59 Å². The first-order valence-corrected chi connectivity index (χ1v) is 13.0. The largest absolute Gasteiger partial charge is 0.349 e. The highest BCUT2D eigenvalue weighted by Crippen LogP contribution is 2.25. The van der Waals surface area contributed by atoms with Crippen molar-refractivity contribution in [2.45, 2.75) is 62.8 Å². The number of aromatic nitrogens is 3. The quantitative estimate of drug-likeness (QED) is 0.401. The second-order valence-electron chi connectivity index (χ2n) is 7.80. The summed E-state index contributed by atoms with van der Waals surface area (Å²) in [6.07, 6.45) is 4.76. The zero-order valence-corrected chi connectivity index (χ0v) is 20.6. The fourth-order valence-electron chi connectivity index (χ4n) is 3.77. The van der Waals surface area contributed by atoms with E-state index in [0.717, 1.165) is 18.4 Å². The zero-order valence-electron chi connectivity index (χ0n) is 19.0. The predicted octanol–water partition coefficient (Wildman–Crippen LogP) is 2.80. The van der Waals surface area contributed by atoms with Gasteiger partial charge >= 0.3 is 0 Å². The highest BCUT2D eigenvalue weighted by Gasteiger charge is 2.18. The molecule has 10 heteroatoms. The monoisotopic (exact) mass is 476 g/mol. The number of hydrogen-bond acceptors (Lipinski definition) is 7. The normalized spacial score (nSPS) is 14.0. The van der Waals surface area contributed by atoms with Gasteiger partial charge in [0.1, 0.15) is 0 Å². The molecule has 1 aliphatic rings. The first-order chi connectivity index (χ1) is 15.4. The molecular weight excluding hydrogens is 444 g/mol. The van der Waals surface area contributed by atoms with Crippen LogP contribution in [0.4, 0.5) is 0 Å². The molecule has 0 saturated carbocycles. The van der Waals surface area contributed by atoms with Crippen LogP contribution in [0.3, 0.4) is 0 Å². The summed E-state index contributed by atoms with van der Waals surface area (Å²) in [5, 5.41) is 12.1. The van der Waals surface area contributed by atoms with Crippen LogP contribution in [0.15, 0.2) is 28.5 Å². The van der Waals surface area contributed by atoms with Crippen LogP contribution in [0.25, 0.3) is 0 Å². The summed E-state index contributed by atoms with van der Waals surface area (Å²) in [5.74, 6) is 6.45. The maximum absolute atomic E-state index is 12.5. The molecule has 1 atom stereocenters. The van der Waals surface area contributed by atoms with Gasteiger partial charge in [0, 0.05) is 13.1 Å². The Kier molecular flexibility index (Phi) is 8.86. The summed E-state index contributed by atoms with van der Waals surface area (Å²) in [7, 11) is 0. The molecule has 8 nitrogen and oxygen atoms in total. The number of amides is 2. The number of nitrogens with two attached hydrogens (primary N) is 1. The minimum absolute atomic E-state index is 0.0350. The fraction of sp³-hybridized carbons (Fsp3) is 0.545. The average molecular weight is 477 g/mol. The van der Waals surface area contributed by atoms with Gasteiger partial charge in [-0.15, -0.1) is 10.2 Å². The molecule has 3 N–H and O–H groups in total. The molecule has 2 amide bonds. The molecule has 32 heavy (non-hydrogen) atoms. The number of benzene rings is 1. The summed E-state index contributed by atoms with van der Waals surface area (Å²) in [6, 6.07) is 6.47. The molecule has 0 aliphatic heterocycles. The van der Waals surface area contributed by atoms with Crippen LogP contribution < -0.4 is 11.2 Å². The van der Waals surface area contributed by atoms with Gasteiger partial charge < -0.3 is 16.1 Å². The zero-order chi connectivity index (χ0) is 23.1. The predicted molar refractivity (Wildman–Crippen MR) is 129 cm³/mol. The Morgan fingerprint density at radius 2 is 1.72 bits per heavy atom. The third-order valence-electron chi connectivity index (χ3n) is 5.66. The summed E-state index contributed by atoms with van der Waals surface area (Å²) in [6.45, 7) is 7.24. The smallest absolute Gasteiger partial charge is 0.233 e. The molecule has 1 aromatic carbocycles. The van der Waals surface area contributed by atoms with Crippen LogP contribution in [0, 0.1) is 0 Å². The van der Waals surface area contributed by atoms with Crippen molar-refractivity contribution < 1.29 is 9.59 Å². The average Bonchev–Trinajstić information content (AvgIpc) is 3.16. The van der Waals surface area contributed by atoms with Crippen molar-refractivity contribution in [3.05, 3.63) is 34.9 Å². The Bertz CT molecular complexity index is 944. The van der Waals surface area contributed by atoms with Gasteiger partial charge in [0.2, 0.25) is 22.1 Å². The molecule has 0 fully saturated rings. The Hall–Kier alpha value is -2.20. The number of carbonyl (C=O) groups is 2. The minimum Gasteiger partial charge on any atom is -0.349 e. The SMILES string of the molecule is CCN(CC)C(=O)CSc1nnc(SCC(=O)NC(C)c2ccc3c(c2)CCCC3)n1N. The molecule has 0 spiro atoms. The number of nitrogens with zero attached hydrogens (tertiary/aromatic N) is 4. The number of rotatable bonds is 10. The van der Waals surface area contributed by atoms with E-state index >= 15 is 0 Å². The van der Waals surface area contributed by atoms with Crippen LogP contribution in [0.5, 0.6) is 0 Å². The van der Waals surface area contributed by atoms with Crippen molar-refractivity contribution in [1.29, 1.82) is 0 Å². The van der Waals surface area contributed by atoms with Crippen LogP contribution >= 0.6 is 23.5 Å². The van der Waals surface area contributed by atoms with E-state index < -0.39 is 0 Å². The maximum atomic E-state index is 12.5. The highest BCUT2D eigenvalue weighted by atomic mass is 32.2. The number of nitrogens with one attached hydrogen (secondary N) is 1. The van der Waals surface area contributed by atoms with Gasteiger partial charge in [-0.2, -0.15) is 0 Å². The van der Waals surface area contributed by atoms with Crippen molar-refractivity contribution in [2.24, 2.45) is 0 Å². The molecule has 0 saturated heterocycles. The molecule has 1 unspecified atom stereocenters. The minimum atomic E-state index is -0.0888. The molecule has 174 valence electrons. The summed E-state index contributed by atoms with van der Waals surface area (Å²) in [5.41, 5.74) is 3.97. The third-order valence-corrected chi connectivity index (χ3v) is 7.53. The lowest BCUT2D eigenvalue weighted by Crippen LogP contribution is -2.32. The van der Waals surface area contributed by atoms with Crippen LogP contribution in [0.1, 0.15) is 56.3 Å². The van der Waals surface area contributed by atoms with E-state index in [9.17, 15) is 9.59 Å². The number of thioether (sulfide) groups is 2. The van der Waals surface area contributed by atoms with Gasteiger partial charge in [0.05, 0.1) is 17.5 Å². The van der Waals surface area contributed by atoms with Crippen LogP contribution in [-0.4, -0.2) is 56.2 Å². The van der Waals surface area contributed by atoms with E-state index in [1.54, 1.807) is 4.90 Å². The second-order valence-corrected chi connectivity index (χ2v) is 9.69. The first kappa shape index (κ1) is 24.4. The number of aryl methyl sites for hydroxylation is 2. The molecule has 2 aromatic rings. The van der Waals surface area contributed by atoms with Gasteiger partial charge in [0.25, 0.3) is 0 Å². The third kappa shape index (κ3) is 6.19. The summed E-state index contributed by atoms with van der Waals surface area (Å²) in [4.78, 5) is 26.4. The highest BCUT2D eigenvalue weighted by molar-refractivity contribution is 8.00. The van der Waals surface area contributed by atoms with Crippen molar-refractivity contribution in [3.63, 3.8) is 0 Å². The standard InChI is InChI=1S/C22H32N6O2S2/c1-4-27(5-2)20(30)14-32-22-26-25-21(28(22)23)31-13-19(29)24-15(3)17-11-10-16-8-6-7-9-18(16)12-17/h10-12,15H,4-9,13-14,23H2,1-3H3,(H,24,29). The van der Waals surface area contributed by atoms with E-state index in [1.807, 2.05) is 20.8 Å². The van der Waals surface area contributed by atoms with E-state index in [-0.39, 0.29) is 29.4 Å². The maximum Gasteiger partial charge on any atom is 0.233 e. The van der Waals surface area contributed by atoms with Gasteiger partial charge in [0.15, 0.2) is 0 Å². The molecule has 0 radical (unpaired) electrons. The number of carbonyl (C=O) groups excluding carboxylic acids is 2. The second kappa shape index (κ2) is 11.6. The molecule has 1 aliphatic carbocycles. The van der Waals surface area contributed by atoms with Crippen molar-refractivity contribution >= 4 is 35.3 Å². The van der Waals surface area contributed by atoms with E-state index in [1.165, 1.54) is 52.2 Å². The lowest BCUT2D eigenvalue weighted by atomic mass is 9.89. The molecule has 0 bridgehead atoms. The van der Waals surface area contributed by atoms with E-state index in [4.69, 9.17) is 5.84 Å². The first-order valence-electron chi connectivity index (χ1n) is 11.1. The summed E-state index contributed by atoms with van der Waals surface area (Å²) >= 11 is 2.48. The number of nitrogen functional groups attached to an aromatic ring is 1. The Morgan fingerprint density at radius 3 is 2.38 bits per heavy atom. The molecule has 3 rings (SSSR count). The van der Waals surface area contributed by atoms with Crippen molar-refractivity contribution in [2.75, 3.05) is 30.4 Å². The Labute approximate surface area is 198 Å². The molecule has 1 aromatic heterocycles. The summed E-state index contributed by atoms with van der Waals surface area (Å²) < 4.78 is 1.34. The lowest BCUT2D eigenvalue weighted by molar-refractivity contribution is -0.128. The molecule has 1 heterocycles. The van der Waals surface area contributed by atoms with Crippen molar-refractivity contribution in [3.8, 4) is 0 Å². The van der Waals surface area contributed by atoms with E-state index in [0.29, 0.717) is 23.4 Å². The Balaban J connectivity index is 1.49. The number of fused-ring (bicyclic) bond motifs is 1. The topological polar surface area (TPSA) is 106 Å². The lowest BCUT2D eigenvalue weighted by Gasteiger charge is -2.20. The van der Waals surface area contributed by atoms with Gasteiger partial charge in [-0.05, 0) is 63.1 Å². The van der Waals surface area contributed by atoms with Crippen molar-refractivity contribution in [1.82, 2.24) is 25.1 Å². The molecular formula is C22H32N6O2S2. The van der Waals surface area contributed by atoms with Crippen LogP contribution in [0.2, 0.25) is 0 Å². The van der Waals surface area contributed by atoms with Gasteiger partial charge in [-0.25, -0.2) is 4.68 Å². The van der Waals surface area contributed by atoms with E-state index in [2.05, 4.69) is 33.7 Å². The number of hydrogen-bond donors (Lipinski definition) is 2. The van der Waals surface area contributed by atoms with Gasteiger partial charge in [-0.1, -0.05) is 41.7 Å².